The third kappa shape index (κ3) is 2.93. The molecule has 0 bridgehead atoms. The number of methoxy groups -OCH3 is 1. The first kappa shape index (κ1) is 15.2. The van der Waals surface area contributed by atoms with Crippen molar-refractivity contribution in [2.75, 3.05) is 14.2 Å². The lowest BCUT2D eigenvalue weighted by Crippen LogP contribution is -2.19. The van der Waals surface area contributed by atoms with Crippen LogP contribution in [0.4, 0.5) is 0 Å². The molecular weight excluding hydrogens is 293 g/mol. The van der Waals surface area contributed by atoms with Gasteiger partial charge in [-0.15, -0.1) is 0 Å². The van der Waals surface area contributed by atoms with Gasteiger partial charge in [0.2, 0.25) is 0 Å². The van der Waals surface area contributed by atoms with Crippen molar-refractivity contribution in [3.05, 3.63) is 63.1 Å². The second-order valence-corrected chi connectivity index (χ2v) is 5.40. The number of hydrogen-bond donors (Lipinski definition) is 1. The van der Waals surface area contributed by atoms with Crippen LogP contribution in [0.3, 0.4) is 0 Å². The number of hydrogen-bond acceptors (Lipinski definition) is 2. The van der Waals surface area contributed by atoms with E-state index in [4.69, 9.17) is 27.9 Å². The molecule has 0 aliphatic carbocycles. The summed E-state index contributed by atoms with van der Waals surface area (Å²) in [5.41, 5.74) is 3.32. The molecule has 2 aromatic carbocycles. The molecular formula is C16H17Cl2NO. The molecule has 0 radical (unpaired) electrons. The Morgan fingerprint density at radius 2 is 1.75 bits per heavy atom. The van der Waals surface area contributed by atoms with E-state index in [1.54, 1.807) is 13.2 Å². The highest BCUT2D eigenvalue weighted by atomic mass is 35.5. The van der Waals surface area contributed by atoms with Gasteiger partial charge in [0.1, 0.15) is 5.75 Å². The van der Waals surface area contributed by atoms with E-state index in [0.717, 1.165) is 5.56 Å². The van der Waals surface area contributed by atoms with Crippen LogP contribution >= 0.6 is 23.2 Å². The summed E-state index contributed by atoms with van der Waals surface area (Å²) in [5.74, 6) is 0.583. The smallest absolute Gasteiger partial charge is 0.138 e. The first-order valence-electron chi connectivity index (χ1n) is 6.34. The first-order valence-corrected chi connectivity index (χ1v) is 7.09. The SMILES string of the molecule is CNC(c1ccccc1C)c1cc(Cl)c(OC)cc1Cl. The molecule has 2 nitrogen and oxygen atoms in total. The number of halogens is 2. The summed E-state index contributed by atoms with van der Waals surface area (Å²) >= 11 is 12.6. The lowest BCUT2D eigenvalue weighted by molar-refractivity contribution is 0.415. The molecule has 0 aromatic heterocycles. The molecule has 0 aliphatic rings. The predicted molar refractivity (Wildman–Crippen MR) is 85.1 cm³/mol. The minimum atomic E-state index is -0.00731. The Hall–Kier alpha value is -1.22. The Labute approximate surface area is 129 Å². The third-order valence-electron chi connectivity index (χ3n) is 3.37. The molecule has 1 atom stereocenters. The maximum absolute atomic E-state index is 6.38. The van der Waals surface area contributed by atoms with E-state index in [1.165, 1.54) is 11.1 Å². The largest absolute Gasteiger partial charge is 0.495 e. The van der Waals surface area contributed by atoms with Gasteiger partial charge in [0, 0.05) is 11.1 Å². The number of benzene rings is 2. The van der Waals surface area contributed by atoms with E-state index in [9.17, 15) is 0 Å². The lowest BCUT2D eigenvalue weighted by Gasteiger charge is -2.21. The maximum Gasteiger partial charge on any atom is 0.138 e. The van der Waals surface area contributed by atoms with Crippen LogP contribution in [-0.4, -0.2) is 14.2 Å². The van der Waals surface area contributed by atoms with E-state index in [-0.39, 0.29) is 6.04 Å². The molecule has 0 aliphatic heterocycles. The average molecular weight is 310 g/mol. The quantitative estimate of drug-likeness (QED) is 0.890. The summed E-state index contributed by atoms with van der Waals surface area (Å²) in [6, 6.07) is 11.8. The van der Waals surface area contributed by atoms with Gasteiger partial charge in [-0.1, -0.05) is 47.5 Å². The average Bonchev–Trinajstić information content (AvgIpc) is 2.45. The van der Waals surface area contributed by atoms with Crippen molar-refractivity contribution in [2.24, 2.45) is 0 Å². The molecule has 20 heavy (non-hydrogen) atoms. The molecule has 0 saturated carbocycles. The van der Waals surface area contributed by atoms with Crippen molar-refractivity contribution in [3.8, 4) is 5.75 Å². The zero-order valence-corrected chi connectivity index (χ0v) is 13.2. The van der Waals surface area contributed by atoms with Gasteiger partial charge in [0.25, 0.3) is 0 Å². The molecule has 2 rings (SSSR count). The Bertz CT molecular complexity index is 613. The van der Waals surface area contributed by atoms with Crippen molar-refractivity contribution < 1.29 is 4.74 Å². The summed E-state index contributed by atoms with van der Waals surface area (Å²) < 4.78 is 5.19. The van der Waals surface area contributed by atoms with Crippen LogP contribution in [0.25, 0.3) is 0 Å². The minimum Gasteiger partial charge on any atom is -0.495 e. The van der Waals surface area contributed by atoms with Crippen LogP contribution in [0, 0.1) is 6.92 Å². The highest BCUT2D eigenvalue weighted by Crippen LogP contribution is 2.36. The molecule has 0 heterocycles. The zero-order chi connectivity index (χ0) is 14.7. The Kier molecular flexibility index (Phi) is 4.92. The van der Waals surface area contributed by atoms with Crippen molar-refractivity contribution in [2.45, 2.75) is 13.0 Å². The lowest BCUT2D eigenvalue weighted by atomic mass is 9.95. The van der Waals surface area contributed by atoms with Gasteiger partial charge in [-0.2, -0.15) is 0 Å². The van der Waals surface area contributed by atoms with E-state index in [2.05, 4.69) is 24.4 Å². The Morgan fingerprint density at radius 3 is 2.35 bits per heavy atom. The van der Waals surface area contributed by atoms with E-state index in [0.29, 0.717) is 15.8 Å². The van der Waals surface area contributed by atoms with Gasteiger partial charge in [-0.25, -0.2) is 0 Å². The van der Waals surface area contributed by atoms with E-state index < -0.39 is 0 Å². The van der Waals surface area contributed by atoms with Crippen LogP contribution in [0.15, 0.2) is 36.4 Å². The molecule has 0 fully saturated rings. The van der Waals surface area contributed by atoms with Crippen molar-refractivity contribution >= 4 is 23.2 Å². The Morgan fingerprint density at radius 1 is 1.05 bits per heavy atom. The van der Waals surface area contributed by atoms with Crippen LogP contribution < -0.4 is 10.1 Å². The standard InChI is InChI=1S/C16H17Cl2NO/c1-10-6-4-5-7-11(10)16(19-2)12-8-14(18)15(20-3)9-13(12)17/h4-9,16,19H,1-3H3. The third-order valence-corrected chi connectivity index (χ3v) is 3.99. The summed E-state index contributed by atoms with van der Waals surface area (Å²) in [7, 11) is 3.49. The molecule has 1 unspecified atom stereocenters. The monoisotopic (exact) mass is 309 g/mol. The number of ether oxygens (including phenoxy) is 1. The van der Waals surface area contributed by atoms with Gasteiger partial charge in [0.05, 0.1) is 18.2 Å². The van der Waals surface area contributed by atoms with Crippen LogP contribution in [-0.2, 0) is 0 Å². The minimum absolute atomic E-state index is 0.00731. The van der Waals surface area contributed by atoms with Gasteiger partial charge >= 0.3 is 0 Å². The number of rotatable bonds is 4. The van der Waals surface area contributed by atoms with Crippen LogP contribution in [0.5, 0.6) is 5.75 Å². The molecule has 106 valence electrons. The Balaban J connectivity index is 2.53. The van der Waals surface area contributed by atoms with Crippen molar-refractivity contribution in [3.63, 3.8) is 0 Å². The predicted octanol–water partition coefficient (Wildman–Crippen LogP) is 4.62. The maximum atomic E-state index is 6.38. The molecule has 0 spiro atoms. The summed E-state index contributed by atoms with van der Waals surface area (Å²) in [4.78, 5) is 0. The van der Waals surface area contributed by atoms with Crippen LogP contribution in [0.1, 0.15) is 22.7 Å². The highest BCUT2D eigenvalue weighted by molar-refractivity contribution is 6.34. The second kappa shape index (κ2) is 6.49. The topological polar surface area (TPSA) is 21.3 Å². The molecule has 0 saturated heterocycles. The molecule has 2 aromatic rings. The van der Waals surface area contributed by atoms with Gasteiger partial charge in [-0.3, -0.25) is 0 Å². The highest BCUT2D eigenvalue weighted by Gasteiger charge is 2.19. The number of nitrogens with one attached hydrogen (secondary N) is 1. The van der Waals surface area contributed by atoms with Gasteiger partial charge in [0.15, 0.2) is 0 Å². The fraction of sp³-hybridized carbons (Fsp3) is 0.250. The second-order valence-electron chi connectivity index (χ2n) is 4.59. The summed E-state index contributed by atoms with van der Waals surface area (Å²) in [6.45, 7) is 2.08. The van der Waals surface area contributed by atoms with Crippen LogP contribution in [0.2, 0.25) is 10.0 Å². The van der Waals surface area contributed by atoms with Gasteiger partial charge in [-0.05, 0) is 36.7 Å². The zero-order valence-electron chi connectivity index (χ0n) is 11.7. The normalized spacial score (nSPS) is 12.2. The number of aryl methyl sites for hydroxylation is 1. The first-order chi connectivity index (χ1) is 9.58. The molecule has 4 heteroatoms. The van der Waals surface area contributed by atoms with Crippen molar-refractivity contribution in [1.82, 2.24) is 5.32 Å². The van der Waals surface area contributed by atoms with E-state index in [1.807, 2.05) is 25.2 Å². The fourth-order valence-electron chi connectivity index (χ4n) is 2.31. The molecule has 1 N–H and O–H groups in total. The summed E-state index contributed by atoms with van der Waals surface area (Å²) in [5, 5.41) is 4.49. The van der Waals surface area contributed by atoms with Crippen molar-refractivity contribution in [1.29, 1.82) is 0 Å². The summed E-state index contributed by atoms with van der Waals surface area (Å²) in [6.07, 6.45) is 0. The van der Waals surface area contributed by atoms with E-state index >= 15 is 0 Å². The van der Waals surface area contributed by atoms with Gasteiger partial charge < -0.3 is 10.1 Å². The molecule has 0 amide bonds. The fourth-order valence-corrected chi connectivity index (χ4v) is 2.82.